The first kappa shape index (κ1) is 14.6. The lowest BCUT2D eigenvalue weighted by molar-refractivity contribution is -0.117. The third kappa shape index (κ3) is 3.03. The number of primary amides is 1. The van der Waals surface area contributed by atoms with Gasteiger partial charge >= 0.3 is 0 Å². The van der Waals surface area contributed by atoms with Crippen molar-refractivity contribution in [1.29, 1.82) is 0 Å². The van der Waals surface area contributed by atoms with Gasteiger partial charge in [0, 0.05) is 6.42 Å². The second-order valence-electron chi connectivity index (χ2n) is 5.91. The number of aromatic hydroxyl groups is 1. The van der Waals surface area contributed by atoms with E-state index in [4.69, 9.17) is 5.73 Å². The van der Waals surface area contributed by atoms with Crippen molar-refractivity contribution in [3.63, 3.8) is 0 Å². The van der Waals surface area contributed by atoms with E-state index in [9.17, 15) is 9.90 Å². The average Bonchev–Trinajstić information content (AvgIpc) is 2.21. The van der Waals surface area contributed by atoms with Crippen molar-refractivity contribution < 1.29 is 9.90 Å². The predicted octanol–water partition coefficient (Wildman–Crippen LogP) is 2.72. The van der Waals surface area contributed by atoms with Gasteiger partial charge in [-0.1, -0.05) is 26.8 Å². The van der Waals surface area contributed by atoms with Gasteiger partial charge in [0.2, 0.25) is 5.91 Å². The van der Waals surface area contributed by atoms with Crippen LogP contribution in [0.5, 0.6) is 5.75 Å². The number of benzene rings is 1. The summed E-state index contributed by atoms with van der Waals surface area (Å²) in [4.78, 5) is 10.9. The number of carbonyl (C=O) groups is 1. The fraction of sp³-hybridized carbons (Fsp3) is 0.533. The Kier molecular flexibility index (Phi) is 4.05. The molecular weight excluding hydrogens is 226 g/mol. The molecule has 0 saturated heterocycles. The Labute approximate surface area is 109 Å². The van der Waals surface area contributed by atoms with Crippen molar-refractivity contribution in [2.24, 2.45) is 5.73 Å². The topological polar surface area (TPSA) is 63.3 Å². The summed E-state index contributed by atoms with van der Waals surface area (Å²) in [7, 11) is 0. The average molecular weight is 249 g/mol. The molecule has 3 heteroatoms. The van der Waals surface area contributed by atoms with E-state index in [1.807, 2.05) is 19.9 Å². The predicted molar refractivity (Wildman–Crippen MR) is 73.8 cm³/mol. The molecule has 0 atom stereocenters. The smallest absolute Gasteiger partial charge is 0.217 e. The lowest BCUT2D eigenvalue weighted by Crippen LogP contribution is -2.15. The maximum atomic E-state index is 10.9. The Hall–Kier alpha value is -1.51. The summed E-state index contributed by atoms with van der Waals surface area (Å²) in [6, 6.07) is 2.01. The van der Waals surface area contributed by atoms with Crippen molar-refractivity contribution in [3.05, 3.63) is 28.3 Å². The van der Waals surface area contributed by atoms with Crippen LogP contribution in [0.15, 0.2) is 6.07 Å². The van der Waals surface area contributed by atoms with Gasteiger partial charge in [0.1, 0.15) is 5.75 Å². The van der Waals surface area contributed by atoms with Gasteiger partial charge in [-0.2, -0.15) is 0 Å². The molecule has 3 N–H and O–H groups in total. The molecule has 0 spiro atoms. The van der Waals surface area contributed by atoms with Gasteiger partial charge in [0.05, 0.1) is 0 Å². The highest BCUT2D eigenvalue weighted by Gasteiger charge is 2.22. The number of amides is 1. The van der Waals surface area contributed by atoms with Crippen LogP contribution in [-0.4, -0.2) is 11.0 Å². The fourth-order valence-electron chi connectivity index (χ4n) is 2.22. The zero-order valence-corrected chi connectivity index (χ0v) is 11.9. The lowest BCUT2D eigenvalue weighted by atomic mass is 9.82. The van der Waals surface area contributed by atoms with Crippen LogP contribution in [0.1, 0.15) is 49.4 Å². The molecule has 1 amide bonds. The molecule has 1 aromatic rings. The zero-order chi connectivity index (χ0) is 14.1. The number of phenols is 1. The van der Waals surface area contributed by atoms with Gasteiger partial charge < -0.3 is 10.8 Å². The summed E-state index contributed by atoms with van der Waals surface area (Å²) in [5, 5.41) is 10.3. The van der Waals surface area contributed by atoms with E-state index in [-0.39, 0.29) is 11.3 Å². The normalized spacial score (nSPS) is 11.6. The fourth-order valence-corrected chi connectivity index (χ4v) is 2.22. The van der Waals surface area contributed by atoms with Crippen LogP contribution in [-0.2, 0) is 16.6 Å². The molecule has 1 aromatic carbocycles. The highest BCUT2D eigenvalue weighted by Crippen LogP contribution is 2.36. The second kappa shape index (κ2) is 5.01. The summed E-state index contributed by atoms with van der Waals surface area (Å²) < 4.78 is 0. The van der Waals surface area contributed by atoms with Crippen molar-refractivity contribution in [2.45, 2.75) is 52.9 Å². The van der Waals surface area contributed by atoms with E-state index in [0.29, 0.717) is 18.6 Å². The molecule has 0 heterocycles. The first-order valence-electron chi connectivity index (χ1n) is 6.25. The molecule has 100 valence electrons. The number of hydrogen-bond acceptors (Lipinski definition) is 2. The molecule has 0 saturated carbocycles. The Bertz CT molecular complexity index is 470. The van der Waals surface area contributed by atoms with Crippen LogP contribution in [0.3, 0.4) is 0 Å². The molecule has 3 nitrogen and oxygen atoms in total. The number of aryl methyl sites for hydroxylation is 1. The monoisotopic (exact) mass is 249 g/mol. The molecular formula is C15H23NO2. The maximum Gasteiger partial charge on any atom is 0.217 e. The third-order valence-corrected chi connectivity index (χ3v) is 3.33. The molecule has 0 aliphatic rings. The minimum atomic E-state index is -0.312. The van der Waals surface area contributed by atoms with Crippen molar-refractivity contribution >= 4 is 5.91 Å². The van der Waals surface area contributed by atoms with Gasteiger partial charge in [-0.25, -0.2) is 0 Å². The van der Waals surface area contributed by atoms with Crippen LogP contribution < -0.4 is 5.73 Å². The summed E-state index contributed by atoms with van der Waals surface area (Å²) in [5.74, 6) is 0.0285. The Balaban J connectivity index is 3.25. The van der Waals surface area contributed by atoms with Crippen molar-refractivity contribution in [2.75, 3.05) is 0 Å². The Morgan fingerprint density at radius 1 is 1.33 bits per heavy atom. The van der Waals surface area contributed by atoms with Crippen LogP contribution in [0, 0.1) is 13.8 Å². The third-order valence-electron chi connectivity index (χ3n) is 3.33. The van der Waals surface area contributed by atoms with Crippen molar-refractivity contribution in [1.82, 2.24) is 0 Å². The van der Waals surface area contributed by atoms with Gasteiger partial charge in [-0.05, 0) is 47.9 Å². The largest absolute Gasteiger partial charge is 0.507 e. The highest BCUT2D eigenvalue weighted by atomic mass is 16.3. The molecule has 18 heavy (non-hydrogen) atoms. The summed E-state index contributed by atoms with van der Waals surface area (Å²) in [6.07, 6.45) is 0.904. The van der Waals surface area contributed by atoms with Crippen LogP contribution in [0.25, 0.3) is 0 Å². The first-order valence-corrected chi connectivity index (χ1v) is 6.25. The van der Waals surface area contributed by atoms with Gasteiger partial charge in [-0.3, -0.25) is 4.79 Å². The van der Waals surface area contributed by atoms with Crippen LogP contribution in [0.4, 0.5) is 0 Å². The summed E-state index contributed by atoms with van der Waals surface area (Å²) in [5.41, 5.74) is 9.02. The van der Waals surface area contributed by atoms with E-state index < -0.39 is 0 Å². The van der Waals surface area contributed by atoms with Gasteiger partial charge in [0.25, 0.3) is 0 Å². The molecule has 0 aromatic heterocycles. The SMILES string of the molecule is Cc1cc(C(C)(C)C)c(O)c(C)c1CCC(N)=O. The molecule has 0 bridgehead atoms. The molecule has 0 aliphatic carbocycles. The van der Waals surface area contributed by atoms with E-state index in [1.165, 1.54) is 0 Å². The molecule has 0 radical (unpaired) electrons. The lowest BCUT2D eigenvalue weighted by Gasteiger charge is -2.24. The Morgan fingerprint density at radius 2 is 1.89 bits per heavy atom. The first-order chi connectivity index (χ1) is 8.14. The standard InChI is InChI=1S/C15H23NO2/c1-9-8-12(15(3,4)5)14(18)10(2)11(9)6-7-13(16)17/h8,18H,6-7H2,1-5H3,(H2,16,17). The summed E-state index contributed by atoms with van der Waals surface area (Å²) >= 11 is 0. The Morgan fingerprint density at radius 3 is 2.33 bits per heavy atom. The second-order valence-corrected chi connectivity index (χ2v) is 5.91. The van der Waals surface area contributed by atoms with E-state index in [0.717, 1.165) is 22.3 Å². The van der Waals surface area contributed by atoms with Gasteiger partial charge in [-0.15, -0.1) is 0 Å². The van der Waals surface area contributed by atoms with E-state index in [2.05, 4.69) is 20.8 Å². The number of carbonyl (C=O) groups excluding carboxylic acids is 1. The number of nitrogens with two attached hydrogens (primary N) is 1. The molecule has 0 unspecified atom stereocenters. The minimum Gasteiger partial charge on any atom is -0.507 e. The minimum absolute atomic E-state index is 0.0954. The number of rotatable bonds is 3. The molecule has 0 aliphatic heterocycles. The van der Waals surface area contributed by atoms with E-state index >= 15 is 0 Å². The number of hydrogen-bond donors (Lipinski definition) is 2. The maximum absolute atomic E-state index is 10.9. The van der Waals surface area contributed by atoms with Crippen molar-refractivity contribution in [3.8, 4) is 5.75 Å². The van der Waals surface area contributed by atoms with Crippen LogP contribution in [0.2, 0.25) is 0 Å². The quantitative estimate of drug-likeness (QED) is 0.865. The number of phenolic OH excluding ortho intramolecular Hbond substituents is 1. The van der Waals surface area contributed by atoms with Gasteiger partial charge in [0.15, 0.2) is 0 Å². The van der Waals surface area contributed by atoms with Crippen LogP contribution >= 0.6 is 0 Å². The molecule has 0 fully saturated rings. The molecule has 1 rings (SSSR count). The highest BCUT2D eigenvalue weighted by molar-refractivity contribution is 5.74. The van der Waals surface area contributed by atoms with E-state index in [1.54, 1.807) is 0 Å². The zero-order valence-electron chi connectivity index (χ0n) is 11.9. The summed E-state index contributed by atoms with van der Waals surface area (Å²) in [6.45, 7) is 10.1.